The standard InChI is InChI=1S/C10H16/c1-3-6-10-8-5-4-7-9(10)2/h3,10H,1-2,4-8H2. The molecule has 0 aromatic heterocycles. The Morgan fingerprint density at radius 1 is 1.50 bits per heavy atom. The quantitative estimate of drug-likeness (QED) is 0.511. The van der Waals surface area contributed by atoms with Gasteiger partial charge in [-0.2, -0.15) is 0 Å². The highest BCUT2D eigenvalue weighted by Gasteiger charge is 2.14. The first-order chi connectivity index (χ1) is 4.84. The lowest BCUT2D eigenvalue weighted by atomic mass is 9.83. The summed E-state index contributed by atoms with van der Waals surface area (Å²) in [5.41, 5.74) is 1.45. The van der Waals surface area contributed by atoms with Gasteiger partial charge < -0.3 is 0 Å². The maximum atomic E-state index is 4.07. The van der Waals surface area contributed by atoms with Gasteiger partial charge in [-0.05, 0) is 31.6 Å². The molecule has 0 heteroatoms. The summed E-state index contributed by atoms with van der Waals surface area (Å²) < 4.78 is 0. The van der Waals surface area contributed by atoms with Crippen molar-refractivity contribution in [2.75, 3.05) is 0 Å². The third-order valence-corrected chi connectivity index (χ3v) is 2.33. The lowest BCUT2D eigenvalue weighted by molar-refractivity contribution is 0.459. The van der Waals surface area contributed by atoms with Crippen LogP contribution in [0.15, 0.2) is 24.8 Å². The summed E-state index contributed by atoms with van der Waals surface area (Å²) in [5.74, 6) is 0.756. The van der Waals surface area contributed by atoms with Crippen LogP contribution in [0.4, 0.5) is 0 Å². The van der Waals surface area contributed by atoms with Gasteiger partial charge in [-0.15, -0.1) is 6.58 Å². The third-order valence-electron chi connectivity index (χ3n) is 2.33. The second kappa shape index (κ2) is 3.60. The van der Waals surface area contributed by atoms with Gasteiger partial charge >= 0.3 is 0 Å². The summed E-state index contributed by atoms with van der Waals surface area (Å²) in [6.07, 6.45) is 8.48. The van der Waals surface area contributed by atoms with Crippen LogP contribution >= 0.6 is 0 Å². The van der Waals surface area contributed by atoms with Crippen molar-refractivity contribution in [2.24, 2.45) is 5.92 Å². The summed E-state index contributed by atoms with van der Waals surface area (Å²) in [4.78, 5) is 0. The van der Waals surface area contributed by atoms with Gasteiger partial charge in [-0.1, -0.05) is 24.6 Å². The molecule has 0 amide bonds. The molecule has 0 aromatic carbocycles. The topological polar surface area (TPSA) is 0 Å². The fraction of sp³-hybridized carbons (Fsp3) is 0.600. The molecule has 1 aliphatic carbocycles. The van der Waals surface area contributed by atoms with E-state index in [4.69, 9.17) is 0 Å². The van der Waals surface area contributed by atoms with Crippen molar-refractivity contribution >= 4 is 0 Å². The maximum Gasteiger partial charge on any atom is -0.0171 e. The molecular formula is C10H16. The molecular weight excluding hydrogens is 120 g/mol. The fourth-order valence-electron chi connectivity index (χ4n) is 1.64. The number of hydrogen-bond donors (Lipinski definition) is 0. The van der Waals surface area contributed by atoms with E-state index in [2.05, 4.69) is 13.2 Å². The zero-order chi connectivity index (χ0) is 7.40. The Bertz CT molecular complexity index is 133. The summed E-state index contributed by atoms with van der Waals surface area (Å²) >= 11 is 0. The molecule has 56 valence electrons. The highest BCUT2D eigenvalue weighted by atomic mass is 14.2. The summed E-state index contributed by atoms with van der Waals surface area (Å²) in [5, 5.41) is 0. The second-order valence-electron chi connectivity index (χ2n) is 3.13. The Kier molecular flexibility index (Phi) is 2.73. The van der Waals surface area contributed by atoms with E-state index >= 15 is 0 Å². The molecule has 0 saturated heterocycles. The van der Waals surface area contributed by atoms with Gasteiger partial charge in [0.25, 0.3) is 0 Å². The van der Waals surface area contributed by atoms with Gasteiger partial charge in [0.1, 0.15) is 0 Å². The molecule has 0 N–H and O–H groups in total. The Labute approximate surface area is 63.6 Å². The van der Waals surface area contributed by atoms with Crippen molar-refractivity contribution in [2.45, 2.75) is 32.1 Å². The van der Waals surface area contributed by atoms with Crippen molar-refractivity contribution in [3.63, 3.8) is 0 Å². The van der Waals surface area contributed by atoms with Crippen molar-refractivity contribution in [1.82, 2.24) is 0 Å². The highest BCUT2D eigenvalue weighted by molar-refractivity contribution is 5.04. The van der Waals surface area contributed by atoms with Crippen LogP contribution < -0.4 is 0 Å². The molecule has 1 atom stereocenters. The predicted octanol–water partition coefficient (Wildman–Crippen LogP) is 3.31. The Morgan fingerprint density at radius 3 is 2.90 bits per heavy atom. The van der Waals surface area contributed by atoms with E-state index in [1.807, 2.05) is 6.08 Å². The van der Waals surface area contributed by atoms with Gasteiger partial charge in [0, 0.05) is 0 Å². The minimum absolute atomic E-state index is 0.756. The van der Waals surface area contributed by atoms with Crippen LogP contribution in [0.25, 0.3) is 0 Å². The van der Waals surface area contributed by atoms with Gasteiger partial charge in [0.2, 0.25) is 0 Å². The summed E-state index contributed by atoms with van der Waals surface area (Å²) in [7, 11) is 0. The highest BCUT2D eigenvalue weighted by Crippen LogP contribution is 2.30. The van der Waals surface area contributed by atoms with Crippen LogP contribution in [0.3, 0.4) is 0 Å². The molecule has 0 spiro atoms. The molecule has 1 rings (SSSR count). The minimum Gasteiger partial charge on any atom is -0.103 e. The first-order valence-electron chi connectivity index (χ1n) is 4.13. The Balaban J connectivity index is 2.39. The number of hydrogen-bond acceptors (Lipinski definition) is 0. The average Bonchev–Trinajstić information content (AvgIpc) is 1.94. The van der Waals surface area contributed by atoms with Crippen molar-refractivity contribution in [3.05, 3.63) is 24.8 Å². The molecule has 0 aliphatic heterocycles. The smallest absolute Gasteiger partial charge is 0.0171 e. The largest absolute Gasteiger partial charge is 0.103 e. The van der Waals surface area contributed by atoms with E-state index in [9.17, 15) is 0 Å². The molecule has 0 radical (unpaired) electrons. The first-order valence-corrected chi connectivity index (χ1v) is 4.13. The molecule has 1 fully saturated rings. The zero-order valence-corrected chi connectivity index (χ0v) is 6.60. The lowest BCUT2D eigenvalue weighted by Gasteiger charge is -2.22. The van der Waals surface area contributed by atoms with E-state index < -0.39 is 0 Å². The van der Waals surface area contributed by atoms with Crippen LogP contribution in [0.2, 0.25) is 0 Å². The van der Waals surface area contributed by atoms with E-state index in [1.165, 1.54) is 31.3 Å². The average molecular weight is 136 g/mol. The number of rotatable bonds is 2. The molecule has 0 nitrogen and oxygen atoms in total. The monoisotopic (exact) mass is 136 g/mol. The van der Waals surface area contributed by atoms with Crippen LogP contribution in [0, 0.1) is 5.92 Å². The lowest BCUT2D eigenvalue weighted by Crippen LogP contribution is -2.07. The minimum atomic E-state index is 0.756. The fourth-order valence-corrected chi connectivity index (χ4v) is 1.64. The van der Waals surface area contributed by atoms with Crippen LogP contribution in [-0.2, 0) is 0 Å². The molecule has 10 heavy (non-hydrogen) atoms. The van der Waals surface area contributed by atoms with E-state index in [0.717, 1.165) is 12.3 Å². The summed E-state index contributed by atoms with van der Waals surface area (Å²) in [6.45, 7) is 7.81. The van der Waals surface area contributed by atoms with Gasteiger partial charge in [0.15, 0.2) is 0 Å². The third kappa shape index (κ3) is 1.73. The molecule has 0 aromatic rings. The molecule has 0 heterocycles. The van der Waals surface area contributed by atoms with Gasteiger partial charge in [-0.3, -0.25) is 0 Å². The van der Waals surface area contributed by atoms with Gasteiger partial charge in [-0.25, -0.2) is 0 Å². The van der Waals surface area contributed by atoms with Crippen molar-refractivity contribution in [1.29, 1.82) is 0 Å². The zero-order valence-electron chi connectivity index (χ0n) is 6.60. The summed E-state index contributed by atoms with van der Waals surface area (Å²) in [6, 6.07) is 0. The van der Waals surface area contributed by atoms with Crippen LogP contribution in [-0.4, -0.2) is 0 Å². The molecule has 1 unspecified atom stereocenters. The van der Waals surface area contributed by atoms with Crippen molar-refractivity contribution < 1.29 is 0 Å². The Hall–Kier alpha value is -0.520. The Morgan fingerprint density at radius 2 is 2.30 bits per heavy atom. The molecule has 1 saturated carbocycles. The van der Waals surface area contributed by atoms with E-state index in [-0.39, 0.29) is 0 Å². The normalized spacial score (nSPS) is 26.4. The van der Waals surface area contributed by atoms with Gasteiger partial charge in [0.05, 0.1) is 0 Å². The van der Waals surface area contributed by atoms with Crippen molar-refractivity contribution in [3.8, 4) is 0 Å². The molecule has 1 aliphatic rings. The van der Waals surface area contributed by atoms with E-state index in [0.29, 0.717) is 0 Å². The predicted molar refractivity (Wildman–Crippen MR) is 45.9 cm³/mol. The second-order valence-corrected chi connectivity index (χ2v) is 3.13. The maximum absolute atomic E-state index is 4.07. The number of allylic oxidation sites excluding steroid dienone is 2. The van der Waals surface area contributed by atoms with Crippen LogP contribution in [0.1, 0.15) is 32.1 Å². The molecule has 0 bridgehead atoms. The van der Waals surface area contributed by atoms with E-state index in [1.54, 1.807) is 0 Å². The SMILES string of the molecule is C=CCC1CCCCC1=C. The first kappa shape index (κ1) is 7.59. The van der Waals surface area contributed by atoms with Crippen LogP contribution in [0.5, 0.6) is 0 Å².